The summed E-state index contributed by atoms with van der Waals surface area (Å²) in [5.41, 5.74) is 1.42. The molecule has 2 aliphatic rings. The number of pyridine rings is 1. The molecule has 2 atom stereocenters. The summed E-state index contributed by atoms with van der Waals surface area (Å²) in [6, 6.07) is 3.64. The molecule has 0 aromatic carbocycles. The Morgan fingerprint density at radius 3 is 3.13 bits per heavy atom. The van der Waals surface area contributed by atoms with E-state index in [0.717, 1.165) is 19.6 Å². The Balaban J connectivity index is 2.20. The second kappa shape index (κ2) is 3.59. The quantitative estimate of drug-likeness (QED) is 0.729. The van der Waals surface area contributed by atoms with Crippen LogP contribution in [0.2, 0.25) is 0 Å². The highest BCUT2D eigenvalue weighted by atomic mass is 127. The van der Waals surface area contributed by atoms with E-state index < -0.39 is 0 Å². The molecule has 0 unspecified atom stereocenters. The molecule has 15 heavy (non-hydrogen) atoms. The molecule has 2 bridgehead atoms. The van der Waals surface area contributed by atoms with Crippen LogP contribution in [0.5, 0.6) is 0 Å². The maximum atomic E-state index is 11.8. The van der Waals surface area contributed by atoms with Crippen LogP contribution in [-0.2, 0) is 6.54 Å². The van der Waals surface area contributed by atoms with Gasteiger partial charge in [-0.1, -0.05) is 0 Å². The Morgan fingerprint density at radius 1 is 1.40 bits per heavy atom. The van der Waals surface area contributed by atoms with Crippen molar-refractivity contribution >= 4 is 22.6 Å². The Labute approximate surface area is 102 Å². The van der Waals surface area contributed by atoms with E-state index in [1.54, 1.807) is 6.07 Å². The Morgan fingerprint density at radius 2 is 2.27 bits per heavy atom. The van der Waals surface area contributed by atoms with Gasteiger partial charge in [0.15, 0.2) is 0 Å². The van der Waals surface area contributed by atoms with E-state index in [2.05, 4.69) is 27.9 Å². The number of rotatable bonds is 0. The van der Waals surface area contributed by atoms with Gasteiger partial charge in [-0.2, -0.15) is 0 Å². The van der Waals surface area contributed by atoms with Gasteiger partial charge in [-0.05, 0) is 47.5 Å². The molecular weight excluding hydrogens is 303 g/mol. The minimum absolute atomic E-state index is 0.169. The number of nitrogens with one attached hydrogen (secondary N) is 1. The molecule has 1 aromatic rings. The van der Waals surface area contributed by atoms with Crippen LogP contribution in [0.1, 0.15) is 18.0 Å². The summed E-state index contributed by atoms with van der Waals surface area (Å²) in [6.45, 7) is 2.98. The number of piperidine rings is 1. The SMILES string of the molecule is O=c1ccc(I)c2n1C[C@@H]1CNC[C@H]2C1. The van der Waals surface area contributed by atoms with Gasteiger partial charge in [0.05, 0.1) is 0 Å². The molecule has 1 aromatic heterocycles. The van der Waals surface area contributed by atoms with E-state index in [0.29, 0.717) is 11.8 Å². The molecule has 0 radical (unpaired) electrons. The van der Waals surface area contributed by atoms with Crippen molar-refractivity contribution in [1.29, 1.82) is 0 Å². The van der Waals surface area contributed by atoms with Crippen LogP contribution >= 0.6 is 22.6 Å². The van der Waals surface area contributed by atoms with Crippen molar-refractivity contribution in [3.63, 3.8) is 0 Å². The molecule has 3 nitrogen and oxygen atoms in total. The van der Waals surface area contributed by atoms with Crippen molar-refractivity contribution in [3.8, 4) is 0 Å². The highest BCUT2D eigenvalue weighted by molar-refractivity contribution is 14.1. The standard InChI is InChI=1S/C11H13IN2O/c12-9-1-2-10(15)14-6-7-3-8(11(9)14)5-13-4-7/h1-2,7-8,13H,3-6H2/t7-,8+/m0/s1. The number of halogens is 1. The zero-order chi connectivity index (χ0) is 10.4. The molecule has 0 aliphatic carbocycles. The molecule has 0 amide bonds. The first-order valence-electron chi connectivity index (χ1n) is 5.35. The molecule has 4 heteroatoms. The Bertz CT molecular complexity index is 454. The molecule has 2 aliphatic heterocycles. The van der Waals surface area contributed by atoms with Crippen LogP contribution in [0.4, 0.5) is 0 Å². The van der Waals surface area contributed by atoms with Crippen molar-refractivity contribution in [3.05, 3.63) is 31.8 Å². The average Bonchev–Trinajstić information content (AvgIpc) is 2.24. The van der Waals surface area contributed by atoms with Crippen molar-refractivity contribution in [2.24, 2.45) is 5.92 Å². The van der Waals surface area contributed by atoms with Gasteiger partial charge in [-0.3, -0.25) is 4.79 Å². The first kappa shape index (κ1) is 9.84. The van der Waals surface area contributed by atoms with Gasteiger partial charge >= 0.3 is 0 Å². The van der Waals surface area contributed by atoms with Gasteiger partial charge in [0.25, 0.3) is 5.56 Å². The molecule has 3 rings (SSSR count). The summed E-state index contributed by atoms with van der Waals surface area (Å²) in [5, 5.41) is 3.46. The number of fused-ring (bicyclic) bond motifs is 4. The number of aromatic nitrogens is 1. The van der Waals surface area contributed by atoms with Crippen LogP contribution in [0.3, 0.4) is 0 Å². The number of hydrogen-bond acceptors (Lipinski definition) is 2. The van der Waals surface area contributed by atoms with Crippen LogP contribution in [-0.4, -0.2) is 17.7 Å². The van der Waals surface area contributed by atoms with Crippen LogP contribution in [0.25, 0.3) is 0 Å². The third kappa shape index (κ3) is 1.54. The fourth-order valence-corrected chi connectivity index (χ4v) is 3.72. The predicted molar refractivity (Wildman–Crippen MR) is 67.1 cm³/mol. The summed E-state index contributed by atoms with van der Waals surface area (Å²) >= 11 is 2.34. The monoisotopic (exact) mass is 316 g/mol. The summed E-state index contributed by atoms with van der Waals surface area (Å²) in [6.07, 6.45) is 1.24. The van der Waals surface area contributed by atoms with E-state index >= 15 is 0 Å². The van der Waals surface area contributed by atoms with Gasteiger partial charge in [0.2, 0.25) is 0 Å². The van der Waals surface area contributed by atoms with E-state index in [4.69, 9.17) is 0 Å². The van der Waals surface area contributed by atoms with Gasteiger partial charge in [0.1, 0.15) is 0 Å². The maximum absolute atomic E-state index is 11.8. The molecule has 0 spiro atoms. The molecule has 1 fully saturated rings. The highest BCUT2D eigenvalue weighted by Gasteiger charge is 2.31. The van der Waals surface area contributed by atoms with Crippen molar-refractivity contribution in [2.75, 3.05) is 13.1 Å². The van der Waals surface area contributed by atoms with Crippen LogP contribution in [0.15, 0.2) is 16.9 Å². The lowest BCUT2D eigenvalue weighted by atomic mass is 9.84. The molecular formula is C11H13IN2O. The molecule has 0 saturated carbocycles. The fraction of sp³-hybridized carbons (Fsp3) is 0.545. The van der Waals surface area contributed by atoms with Crippen LogP contribution < -0.4 is 10.9 Å². The van der Waals surface area contributed by atoms with Crippen molar-refractivity contribution in [1.82, 2.24) is 9.88 Å². The summed E-state index contributed by atoms with van der Waals surface area (Å²) in [4.78, 5) is 11.8. The summed E-state index contributed by atoms with van der Waals surface area (Å²) < 4.78 is 3.22. The molecule has 3 heterocycles. The Hall–Kier alpha value is -0.360. The molecule has 80 valence electrons. The van der Waals surface area contributed by atoms with Gasteiger partial charge in [-0.25, -0.2) is 0 Å². The zero-order valence-corrected chi connectivity index (χ0v) is 10.5. The molecule has 1 N–H and O–H groups in total. The zero-order valence-electron chi connectivity index (χ0n) is 8.37. The van der Waals surface area contributed by atoms with Gasteiger partial charge in [0, 0.05) is 34.3 Å². The second-order valence-electron chi connectivity index (χ2n) is 4.47. The highest BCUT2D eigenvalue weighted by Crippen LogP contribution is 2.33. The van der Waals surface area contributed by atoms with E-state index in [1.165, 1.54) is 15.7 Å². The first-order chi connectivity index (χ1) is 7.25. The van der Waals surface area contributed by atoms with E-state index in [-0.39, 0.29) is 5.56 Å². The number of nitrogens with zero attached hydrogens (tertiary/aromatic N) is 1. The third-order valence-electron chi connectivity index (χ3n) is 3.44. The fourth-order valence-electron chi connectivity index (χ4n) is 2.81. The minimum atomic E-state index is 0.169. The maximum Gasteiger partial charge on any atom is 0.250 e. The smallest absolute Gasteiger partial charge is 0.250 e. The minimum Gasteiger partial charge on any atom is -0.316 e. The third-order valence-corrected chi connectivity index (χ3v) is 4.36. The van der Waals surface area contributed by atoms with Gasteiger partial charge < -0.3 is 9.88 Å². The largest absolute Gasteiger partial charge is 0.316 e. The topological polar surface area (TPSA) is 34.0 Å². The second-order valence-corrected chi connectivity index (χ2v) is 5.63. The predicted octanol–water partition coefficient (Wildman–Crippen LogP) is 1.16. The Kier molecular flexibility index (Phi) is 2.35. The lowest BCUT2D eigenvalue weighted by molar-refractivity contribution is 0.256. The summed E-state index contributed by atoms with van der Waals surface area (Å²) in [7, 11) is 0. The lowest BCUT2D eigenvalue weighted by Crippen LogP contribution is -2.45. The van der Waals surface area contributed by atoms with Crippen molar-refractivity contribution < 1.29 is 0 Å². The van der Waals surface area contributed by atoms with Crippen LogP contribution in [0, 0.1) is 9.49 Å². The van der Waals surface area contributed by atoms with E-state index in [1.807, 2.05) is 10.6 Å². The normalized spacial score (nSPS) is 28.6. The van der Waals surface area contributed by atoms with E-state index in [9.17, 15) is 4.79 Å². The van der Waals surface area contributed by atoms with Gasteiger partial charge in [-0.15, -0.1) is 0 Å². The first-order valence-corrected chi connectivity index (χ1v) is 6.43. The summed E-state index contributed by atoms with van der Waals surface area (Å²) in [5.74, 6) is 1.19. The molecule has 1 saturated heterocycles. The average molecular weight is 316 g/mol. The number of hydrogen-bond donors (Lipinski definition) is 1. The lowest BCUT2D eigenvalue weighted by Gasteiger charge is -2.37. The van der Waals surface area contributed by atoms with Crippen molar-refractivity contribution in [2.45, 2.75) is 18.9 Å².